The lowest BCUT2D eigenvalue weighted by Crippen LogP contribution is -2.38. The Morgan fingerprint density at radius 2 is 1.69 bits per heavy atom. The highest BCUT2D eigenvalue weighted by molar-refractivity contribution is 5.72. The van der Waals surface area contributed by atoms with Crippen molar-refractivity contribution in [3.05, 3.63) is 37.5 Å². The average Bonchev–Trinajstić information content (AvgIpc) is 2.26. The van der Waals surface area contributed by atoms with Crippen LogP contribution in [0.25, 0.3) is 11.0 Å². The van der Waals surface area contributed by atoms with Gasteiger partial charge in [0.1, 0.15) is 0 Å². The van der Waals surface area contributed by atoms with E-state index in [4.69, 9.17) is 0 Å². The van der Waals surface area contributed by atoms with Gasteiger partial charge in [-0.25, -0.2) is 9.59 Å². The van der Waals surface area contributed by atoms with Crippen LogP contribution in [0, 0.1) is 0 Å². The molecule has 16 heavy (non-hydrogen) atoms. The van der Waals surface area contributed by atoms with E-state index < -0.39 is 16.9 Å². The predicted molar refractivity (Wildman–Crippen MR) is 57.5 cm³/mol. The van der Waals surface area contributed by atoms with Crippen molar-refractivity contribution in [1.29, 1.82) is 0 Å². The summed E-state index contributed by atoms with van der Waals surface area (Å²) in [5.41, 5.74) is -1.36. The number of hydrogen-bond acceptors (Lipinski definition) is 4. The van der Waals surface area contributed by atoms with Gasteiger partial charge in [-0.3, -0.25) is 13.9 Å². The molecule has 2 aromatic heterocycles. The fourth-order valence-electron chi connectivity index (χ4n) is 1.53. The minimum Gasteiger partial charge on any atom is -0.301 e. The van der Waals surface area contributed by atoms with Gasteiger partial charge < -0.3 is 4.57 Å². The minimum absolute atomic E-state index is 0.108. The van der Waals surface area contributed by atoms with Gasteiger partial charge in [0, 0.05) is 27.3 Å². The molecule has 2 heterocycles. The minimum atomic E-state index is -0.504. The Hall–Kier alpha value is -2.18. The molecule has 0 fully saturated rings. The normalized spacial score (nSPS) is 10.9. The first-order chi connectivity index (χ1) is 7.43. The molecule has 2 rings (SSSR count). The number of fused-ring (bicyclic) bond motifs is 1. The monoisotopic (exact) mass is 222 g/mol. The molecule has 0 radical (unpaired) electrons. The van der Waals surface area contributed by atoms with Crippen LogP contribution in [0.5, 0.6) is 0 Å². The first-order valence-corrected chi connectivity index (χ1v) is 4.57. The molecule has 0 bridgehead atoms. The zero-order valence-corrected chi connectivity index (χ0v) is 9.09. The lowest BCUT2D eigenvalue weighted by atomic mass is 10.4. The smallest absolute Gasteiger partial charge is 0.301 e. The van der Waals surface area contributed by atoms with Crippen molar-refractivity contribution in [3.63, 3.8) is 0 Å². The first kappa shape index (κ1) is 10.3. The van der Waals surface area contributed by atoms with Gasteiger partial charge in [-0.2, -0.15) is 4.98 Å². The third-order valence-corrected chi connectivity index (χ3v) is 2.49. The molecule has 0 N–H and O–H groups in total. The second-order valence-electron chi connectivity index (χ2n) is 3.58. The van der Waals surface area contributed by atoms with Gasteiger partial charge in [0.2, 0.25) is 0 Å². The van der Waals surface area contributed by atoms with E-state index in [0.717, 1.165) is 4.57 Å². The van der Waals surface area contributed by atoms with Gasteiger partial charge in [-0.15, -0.1) is 0 Å². The molecule has 7 nitrogen and oxygen atoms in total. The molecule has 84 valence electrons. The van der Waals surface area contributed by atoms with Crippen molar-refractivity contribution < 1.29 is 0 Å². The summed E-state index contributed by atoms with van der Waals surface area (Å²) < 4.78 is 3.36. The zero-order valence-electron chi connectivity index (χ0n) is 9.09. The molecular formula is C9H10N4O3. The Morgan fingerprint density at radius 1 is 1.06 bits per heavy atom. The lowest BCUT2D eigenvalue weighted by Gasteiger charge is -2.06. The van der Waals surface area contributed by atoms with E-state index in [2.05, 4.69) is 4.98 Å². The SMILES string of the molecule is Cn1cc2c(=O)n(C)c(=O)n(C)c2nc1=O. The van der Waals surface area contributed by atoms with E-state index in [0.29, 0.717) is 0 Å². The number of aryl methyl sites for hydroxylation is 2. The van der Waals surface area contributed by atoms with Crippen molar-refractivity contribution in [1.82, 2.24) is 18.7 Å². The summed E-state index contributed by atoms with van der Waals surface area (Å²) in [6, 6.07) is 0. The number of nitrogens with zero attached hydrogens (tertiary/aromatic N) is 4. The summed E-state index contributed by atoms with van der Waals surface area (Å²) in [7, 11) is 4.35. The maximum Gasteiger partial charge on any atom is 0.349 e. The summed E-state index contributed by atoms with van der Waals surface area (Å²) in [6.45, 7) is 0. The van der Waals surface area contributed by atoms with Crippen LogP contribution in [0.15, 0.2) is 20.6 Å². The molecule has 0 amide bonds. The molecule has 0 unspecified atom stereocenters. The van der Waals surface area contributed by atoms with Crippen LogP contribution in [0.4, 0.5) is 0 Å². The van der Waals surface area contributed by atoms with Gasteiger partial charge in [0.25, 0.3) is 5.56 Å². The Bertz CT molecular complexity index is 750. The van der Waals surface area contributed by atoms with Gasteiger partial charge >= 0.3 is 11.4 Å². The fraction of sp³-hybridized carbons (Fsp3) is 0.333. The second-order valence-corrected chi connectivity index (χ2v) is 3.58. The van der Waals surface area contributed by atoms with E-state index >= 15 is 0 Å². The molecule has 0 aromatic carbocycles. The van der Waals surface area contributed by atoms with Crippen molar-refractivity contribution in [3.8, 4) is 0 Å². The molecule has 0 atom stereocenters. The zero-order chi connectivity index (χ0) is 12.0. The van der Waals surface area contributed by atoms with Crippen LogP contribution in [-0.4, -0.2) is 18.7 Å². The van der Waals surface area contributed by atoms with E-state index in [1.165, 1.54) is 36.5 Å². The van der Waals surface area contributed by atoms with Crippen LogP contribution >= 0.6 is 0 Å². The standard InChI is InChI=1S/C9H10N4O3/c1-11-4-5-6(10-8(11)15)12(2)9(16)13(3)7(5)14/h4H,1-3H3. The Morgan fingerprint density at radius 3 is 2.31 bits per heavy atom. The van der Waals surface area contributed by atoms with Crippen LogP contribution in [0.3, 0.4) is 0 Å². The van der Waals surface area contributed by atoms with Gasteiger partial charge in [-0.05, 0) is 0 Å². The highest BCUT2D eigenvalue weighted by Gasteiger charge is 2.10. The van der Waals surface area contributed by atoms with E-state index in [1.54, 1.807) is 0 Å². The number of rotatable bonds is 0. The topological polar surface area (TPSA) is 78.9 Å². The molecule has 0 saturated heterocycles. The number of aromatic nitrogens is 4. The van der Waals surface area contributed by atoms with Crippen molar-refractivity contribution >= 4 is 11.0 Å². The third-order valence-electron chi connectivity index (χ3n) is 2.49. The maximum atomic E-state index is 11.8. The highest BCUT2D eigenvalue weighted by atomic mass is 16.2. The number of hydrogen-bond donors (Lipinski definition) is 0. The van der Waals surface area contributed by atoms with E-state index in [1.807, 2.05) is 0 Å². The molecule has 0 saturated carbocycles. The molecule has 7 heteroatoms. The Balaban J connectivity index is 3.22. The van der Waals surface area contributed by atoms with E-state index in [9.17, 15) is 14.4 Å². The summed E-state index contributed by atoms with van der Waals surface area (Å²) in [5, 5.41) is 0.242. The van der Waals surface area contributed by atoms with Crippen molar-refractivity contribution in [2.45, 2.75) is 0 Å². The van der Waals surface area contributed by atoms with Gasteiger partial charge in [0.05, 0.1) is 5.39 Å². The molecule has 0 aliphatic carbocycles. The molecule has 0 aliphatic rings. The van der Waals surface area contributed by atoms with Crippen LogP contribution in [0.1, 0.15) is 0 Å². The third kappa shape index (κ3) is 1.21. The highest BCUT2D eigenvalue weighted by Crippen LogP contribution is 1.98. The Kier molecular flexibility index (Phi) is 2.04. The fourth-order valence-corrected chi connectivity index (χ4v) is 1.53. The summed E-state index contributed by atoms with van der Waals surface area (Å²) >= 11 is 0. The van der Waals surface area contributed by atoms with Crippen LogP contribution in [-0.2, 0) is 21.1 Å². The molecule has 2 aromatic rings. The Labute approximate surface area is 89.2 Å². The summed E-state index contributed by atoms with van der Waals surface area (Å²) in [6.07, 6.45) is 1.38. The van der Waals surface area contributed by atoms with Crippen molar-refractivity contribution in [2.75, 3.05) is 0 Å². The van der Waals surface area contributed by atoms with Gasteiger partial charge in [0.15, 0.2) is 5.65 Å². The van der Waals surface area contributed by atoms with E-state index in [-0.39, 0.29) is 11.0 Å². The molecule has 0 aliphatic heterocycles. The average molecular weight is 222 g/mol. The molecular weight excluding hydrogens is 212 g/mol. The summed E-state index contributed by atoms with van der Waals surface area (Å²) in [5.74, 6) is 0. The van der Waals surface area contributed by atoms with Crippen LogP contribution in [0.2, 0.25) is 0 Å². The maximum absolute atomic E-state index is 11.8. The van der Waals surface area contributed by atoms with Crippen LogP contribution < -0.4 is 16.9 Å². The quantitative estimate of drug-likeness (QED) is 0.534. The second kappa shape index (κ2) is 3.16. The molecule has 0 spiro atoms. The largest absolute Gasteiger partial charge is 0.349 e. The lowest BCUT2D eigenvalue weighted by molar-refractivity contribution is 0.697. The first-order valence-electron chi connectivity index (χ1n) is 4.57. The predicted octanol–water partition coefficient (Wildman–Crippen LogP) is -1.67. The summed E-state index contributed by atoms with van der Waals surface area (Å²) in [4.78, 5) is 38.4. The van der Waals surface area contributed by atoms with Crippen molar-refractivity contribution in [2.24, 2.45) is 21.1 Å². The van der Waals surface area contributed by atoms with Gasteiger partial charge in [-0.1, -0.05) is 0 Å².